The maximum atomic E-state index is 12.8. The predicted molar refractivity (Wildman–Crippen MR) is 84.8 cm³/mol. The zero-order chi connectivity index (χ0) is 16.0. The Bertz CT molecular complexity index is 595. The molecule has 1 heterocycles. The molecule has 0 atom stereocenters. The lowest BCUT2D eigenvalue weighted by Gasteiger charge is -2.19. The lowest BCUT2D eigenvalue weighted by molar-refractivity contribution is 0.473. The molecule has 0 amide bonds. The minimum absolute atomic E-state index is 0.245. The molecule has 0 saturated heterocycles. The van der Waals surface area contributed by atoms with Crippen molar-refractivity contribution in [2.75, 3.05) is 26.7 Å². The molecule has 1 rings (SSSR count). The topological polar surface area (TPSA) is 67.2 Å². The van der Waals surface area contributed by atoms with E-state index in [1.165, 1.54) is 4.31 Å². The Balaban J connectivity index is 3.26. The van der Waals surface area contributed by atoms with Gasteiger partial charge in [0.15, 0.2) is 0 Å². The first kappa shape index (κ1) is 17.6. The maximum absolute atomic E-state index is 12.8. The summed E-state index contributed by atoms with van der Waals surface area (Å²) < 4.78 is 28.7. The number of hydrogen-bond acceptors (Lipinski definition) is 4. The van der Waals surface area contributed by atoms with Gasteiger partial charge in [-0.05, 0) is 20.9 Å². The molecule has 0 spiro atoms. The fraction of sp³-hybridized carbons (Fsp3) is 0.500. The molecule has 21 heavy (non-hydrogen) atoms. The SMILES string of the molecule is C=CCN(CC=C)S(=O)(=O)c1c(C)nn(CCNC)c1C. The molecule has 0 saturated carbocycles. The van der Waals surface area contributed by atoms with Gasteiger partial charge in [0.1, 0.15) is 4.90 Å². The summed E-state index contributed by atoms with van der Waals surface area (Å²) >= 11 is 0. The second kappa shape index (κ2) is 7.53. The van der Waals surface area contributed by atoms with Crippen LogP contribution in [0.4, 0.5) is 0 Å². The molecule has 6 nitrogen and oxygen atoms in total. The second-order valence-electron chi connectivity index (χ2n) is 4.73. The maximum Gasteiger partial charge on any atom is 0.247 e. The number of rotatable bonds is 9. The first-order valence-electron chi connectivity index (χ1n) is 6.80. The van der Waals surface area contributed by atoms with Crippen LogP contribution in [0.2, 0.25) is 0 Å². The normalized spacial score (nSPS) is 11.8. The zero-order valence-corrected chi connectivity index (χ0v) is 13.8. The molecule has 0 aromatic carbocycles. The minimum Gasteiger partial charge on any atom is -0.318 e. The fourth-order valence-electron chi connectivity index (χ4n) is 2.18. The van der Waals surface area contributed by atoms with Gasteiger partial charge in [-0.1, -0.05) is 12.2 Å². The summed E-state index contributed by atoms with van der Waals surface area (Å²) in [5, 5.41) is 7.36. The monoisotopic (exact) mass is 312 g/mol. The van der Waals surface area contributed by atoms with Gasteiger partial charge >= 0.3 is 0 Å². The van der Waals surface area contributed by atoms with Gasteiger partial charge in [0, 0.05) is 19.6 Å². The third-order valence-corrected chi connectivity index (χ3v) is 5.24. The quantitative estimate of drug-likeness (QED) is 0.693. The summed E-state index contributed by atoms with van der Waals surface area (Å²) in [6, 6.07) is 0. The van der Waals surface area contributed by atoms with Gasteiger partial charge in [-0.3, -0.25) is 4.68 Å². The third-order valence-electron chi connectivity index (χ3n) is 3.15. The molecule has 0 fully saturated rings. The van der Waals surface area contributed by atoms with E-state index in [9.17, 15) is 8.42 Å². The Labute approximate surface area is 127 Å². The van der Waals surface area contributed by atoms with Crippen molar-refractivity contribution in [3.8, 4) is 0 Å². The number of sulfonamides is 1. The third kappa shape index (κ3) is 3.81. The van der Waals surface area contributed by atoms with E-state index in [0.29, 0.717) is 17.9 Å². The molecule has 0 aliphatic carbocycles. The molecular formula is C14H24N4O2S. The van der Waals surface area contributed by atoms with E-state index < -0.39 is 10.0 Å². The van der Waals surface area contributed by atoms with Crippen molar-refractivity contribution in [2.24, 2.45) is 0 Å². The first-order chi connectivity index (χ1) is 9.89. The lowest BCUT2D eigenvalue weighted by atomic mass is 10.4. The molecule has 1 N–H and O–H groups in total. The van der Waals surface area contributed by atoms with Crippen LogP contribution >= 0.6 is 0 Å². The van der Waals surface area contributed by atoms with Crippen LogP contribution in [0.3, 0.4) is 0 Å². The van der Waals surface area contributed by atoms with Crippen molar-refractivity contribution in [1.29, 1.82) is 0 Å². The minimum atomic E-state index is -3.60. The Kier molecular flexibility index (Phi) is 6.32. The molecular weight excluding hydrogens is 288 g/mol. The predicted octanol–water partition coefficient (Wildman–Crippen LogP) is 1.08. The Hall–Kier alpha value is -1.44. The summed E-state index contributed by atoms with van der Waals surface area (Å²) in [4.78, 5) is 0.280. The number of aryl methyl sites for hydroxylation is 1. The van der Waals surface area contributed by atoms with E-state index in [2.05, 4.69) is 23.6 Å². The molecule has 0 radical (unpaired) electrons. The van der Waals surface area contributed by atoms with Crippen LogP contribution < -0.4 is 5.32 Å². The van der Waals surface area contributed by atoms with Gasteiger partial charge in [-0.15, -0.1) is 13.2 Å². The standard InChI is InChI=1S/C14H24N4O2S/c1-6-9-17(10-7-2)21(19,20)14-12(3)16-18(13(14)4)11-8-15-5/h6-7,15H,1-2,8-11H2,3-5H3. The average molecular weight is 312 g/mol. The number of likely N-dealkylation sites (N-methyl/N-ethyl adjacent to an activating group) is 1. The van der Waals surface area contributed by atoms with Crippen molar-refractivity contribution >= 4 is 10.0 Å². The van der Waals surface area contributed by atoms with E-state index in [-0.39, 0.29) is 18.0 Å². The molecule has 0 unspecified atom stereocenters. The lowest BCUT2D eigenvalue weighted by Crippen LogP contribution is -2.32. The van der Waals surface area contributed by atoms with E-state index in [0.717, 1.165) is 6.54 Å². The van der Waals surface area contributed by atoms with Crippen molar-refractivity contribution in [1.82, 2.24) is 19.4 Å². The van der Waals surface area contributed by atoms with Gasteiger partial charge < -0.3 is 5.32 Å². The van der Waals surface area contributed by atoms with Crippen LogP contribution in [0.15, 0.2) is 30.2 Å². The highest BCUT2D eigenvalue weighted by molar-refractivity contribution is 7.89. The number of aromatic nitrogens is 2. The molecule has 0 aliphatic heterocycles. The smallest absolute Gasteiger partial charge is 0.247 e. The highest BCUT2D eigenvalue weighted by atomic mass is 32.2. The fourth-order valence-corrected chi connectivity index (χ4v) is 3.93. The Morgan fingerprint density at radius 1 is 1.29 bits per heavy atom. The van der Waals surface area contributed by atoms with Crippen LogP contribution in [0.5, 0.6) is 0 Å². The second-order valence-corrected chi connectivity index (χ2v) is 6.60. The van der Waals surface area contributed by atoms with Crippen molar-refractivity contribution < 1.29 is 8.42 Å². The van der Waals surface area contributed by atoms with Gasteiger partial charge in [-0.25, -0.2) is 8.42 Å². The average Bonchev–Trinajstić information content (AvgIpc) is 2.71. The van der Waals surface area contributed by atoms with Crippen molar-refractivity contribution in [2.45, 2.75) is 25.3 Å². The van der Waals surface area contributed by atoms with E-state index in [1.54, 1.807) is 30.7 Å². The first-order valence-corrected chi connectivity index (χ1v) is 8.24. The summed E-state index contributed by atoms with van der Waals surface area (Å²) in [7, 11) is -1.76. The summed E-state index contributed by atoms with van der Waals surface area (Å²) in [5.74, 6) is 0. The van der Waals surface area contributed by atoms with Gasteiger partial charge in [-0.2, -0.15) is 9.40 Å². The van der Waals surface area contributed by atoms with Crippen molar-refractivity contribution in [3.05, 3.63) is 36.7 Å². The summed E-state index contributed by atoms with van der Waals surface area (Å²) in [6.07, 6.45) is 3.13. The van der Waals surface area contributed by atoms with Gasteiger partial charge in [0.05, 0.1) is 17.9 Å². The highest BCUT2D eigenvalue weighted by Gasteiger charge is 2.29. The van der Waals surface area contributed by atoms with Crippen LogP contribution in [-0.2, 0) is 16.6 Å². The Morgan fingerprint density at radius 3 is 2.33 bits per heavy atom. The molecule has 1 aromatic heterocycles. The highest BCUT2D eigenvalue weighted by Crippen LogP contribution is 2.23. The van der Waals surface area contributed by atoms with E-state index in [1.807, 2.05) is 7.05 Å². The van der Waals surface area contributed by atoms with E-state index in [4.69, 9.17) is 0 Å². The number of nitrogens with zero attached hydrogens (tertiary/aromatic N) is 3. The largest absolute Gasteiger partial charge is 0.318 e. The summed E-state index contributed by atoms with van der Waals surface area (Å²) in [6.45, 7) is 12.6. The van der Waals surface area contributed by atoms with Crippen LogP contribution in [-0.4, -0.2) is 49.2 Å². The van der Waals surface area contributed by atoms with Crippen LogP contribution in [0.1, 0.15) is 11.4 Å². The van der Waals surface area contributed by atoms with Crippen LogP contribution in [0.25, 0.3) is 0 Å². The molecule has 1 aromatic rings. The Morgan fingerprint density at radius 2 is 1.86 bits per heavy atom. The zero-order valence-electron chi connectivity index (χ0n) is 13.0. The van der Waals surface area contributed by atoms with Gasteiger partial charge in [0.25, 0.3) is 0 Å². The van der Waals surface area contributed by atoms with E-state index >= 15 is 0 Å². The van der Waals surface area contributed by atoms with Crippen molar-refractivity contribution in [3.63, 3.8) is 0 Å². The molecule has 0 bridgehead atoms. The number of nitrogens with one attached hydrogen (secondary N) is 1. The molecule has 7 heteroatoms. The van der Waals surface area contributed by atoms with Gasteiger partial charge in [0.2, 0.25) is 10.0 Å². The van der Waals surface area contributed by atoms with Crippen LogP contribution in [0, 0.1) is 13.8 Å². The summed E-state index contributed by atoms with van der Waals surface area (Å²) in [5.41, 5.74) is 1.17. The molecule has 0 aliphatic rings. The number of hydrogen-bond donors (Lipinski definition) is 1. The molecule has 118 valence electrons.